The molecule has 2 heteroatoms. The summed E-state index contributed by atoms with van der Waals surface area (Å²) in [6.45, 7) is 4.52. The van der Waals surface area contributed by atoms with Gasteiger partial charge >= 0.3 is 0 Å². The van der Waals surface area contributed by atoms with Gasteiger partial charge in [0.1, 0.15) is 0 Å². The number of hydrogen-bond acceptors (Lipinski definition) is 2. The molecule has 1 aliphatic heterocycles. The highest BCUT2D eigenvalue weighted by molar-refractivity contribution is 5.47. The molecule has 2 fully saturated rings. The lowest BCUT2D eigenvalue weighted by atomic mass is 10.1. The van der Waals surface area contributed by atoms with Crippen LogP contribution in [0.15, 0.2) is 18.2 Å². The minimum Gasteiger partial charge on any atom is -0.399 e. The predicted octanol–water partition coefficient (Wildman–Crippen LogP) is 2.56. The molecule has 2 aliphatic rings. The second-order valence-corrected chi connectivity index (χ2v) is 5.45. The molecule has 0 spiro atoms. The minimum atomic E-state index is 0.864. The van der Waals surface area contributed by atoms with Crippen molar-refractivity contribution >= 4 is 5.69 Å². The van der Waals surface area contributed by atoms with Gasteiger partial charge in [-0.2, -0.15) is 0 Å². The van der Waals surface area contributed by atoms with Crippen LogP contribution in [-0.4, -0.2) is 17.5 Å². The van der Waals surface area contributed by atoms with Crippen molar-refractivity contribution in [3.8, 4) is 0 Å². The summed E-state index contributed by atoms with van der Waals surface area (Å²) in [5.74, 6) is 0.986. The van der Waals surface area contributed by atoms with Crippen molar-refractivity contribution < 1.29 is 0 Å². The number of benzene rings is 1. The van der Waals surface area contributed by atoms with Gasteiger partial charge in [0, 0.05) is 24.8 Å². The van der Waals surface area contributed by atoms with Crippen LogP contribution in [-0.2, 0) is 6.54 Å². The SMILES string of the molecule is Cc1cc(CN2CC3CCC2C3)ccc1N. The van der Waals surface area contributed by atoms with Crippen LogP contribution in [0.2, 0.25) is 0 Å². The zero-order valence-electron chi connectivity index (χ0n) is 9.95. The Morgan fingerprint density at radius 1 is 1.38 bits per heavy atom. The maximum absolute atomic E-state index is 5.84. The normalized spacial score (nSPS) is 28.8. The van der Waals surface area contributed by atoms with Gasteiger partial charge in [-0.05, 0) is 49.3 Å². The van der Waals surface area contributed by atoms with Gasteiger partial charge in [-0.15, -0.1) is 0 Å². The van der Waals surface area contributed by atoms with Gasteiger partial charge in [-0.3, -0.25) is 4.90 Å². The van der Waals surface area contributed by atoms with Crippen molar-refractivity contribution in [2.45, 2.75) is 38.8 Å². The van der Waals surface area contributed by atoms with Crippen LogP contribution in [0, 0.1) is 12.8 Å². The molecule has 2 atom stereocenters. The van der Waals surface area contributed by atoms with Gasteiger partial charge in [0.2, 0.25) is 0 Å². The summed E-state index contributed by atoms with van der Waals surface area (Å²) >= 11 is 0. The average Bonchev–Trinajstić information content (AvgIpc) is 2.85. The first kappa shape index (κ1) is 10.2. The van der Waals surface area contributed by atoms with Crippen LogP contribution >= 0.6 is 0 Å². The molecule has 1 saturated carbocycles. The Kier molecular flexibility index (Phi) is 2.40. The first-order valence-electron chi connectivity index (χ1n) is 6.31. The van der Waals surface area contributed by atoms with E-state index < -0.39 is 0 Å². The van der Waals surface area contributed by atoms with E-state index in [2.05, 4.69) is 24.0 Å². The van der Waals surface area contributed by atoms with E-state index in [-0.39, 0.29) is 0 Å². The van der Waals surface area contributed by atoms with E-state index in [9.17, 15) is 0 Å². The van der Waals surface area contributed by atoms with Crippen molar-refractivity contribution in [1.82, 2.24) is 4.90 Å². The maximum atomic E-state index is 5.84. The number of piperidine rings is 1. The number of likely N-dealkylation sites (tertiary alicyclic amines) is 1. The molecule has 1 aromatic carbocycles. The molecule has 1 heterocycles. The monoisotopic (exact) mass is 216 g/mol. The highest BCUT2D eigenvalue weighted by atomic mass is 15.2. The third kappa shape index (κ3) is 1.71. The van der Waals surface area contributed by atoms with Gasteiger partial charge in [0.05, 0.1) is 0 Å². The second-order valence-electron chi connectivity index (χ2n) is 5.45. The van der Waals surface area contributed by atoms with Crippen LogP contribution in [0.25, 0.3) is 0 Å². The summed E-state index contributed by atoms with van der Waals surface area (Å²) in [4.78, 5) is 2.65. The number of aryl methyl sites for hydroxylation is 1. The molecule has 2 unspecified atom stereocenters. The number of nitrogens with two attached hydrogens (primary N) is 1. The smallest absolute Gasteiger partial charge is 0.0343 e. The number of fused-ring (bicyclic) bond motifs is 2. The van der Waals surface area contributed by atoms with E-state index in [1.54, 1.807) is 0 Å². The summed E-state index contributed by atoms with van der Waals surface area (Å²) < 4.78 is 0. The number of hydrogen-bond donors (Lipinski definition) is 1. The van der Waals surface area contributed by atoms with E-state index in [4.69, 9.17) is 5.73 Å². The molecule has 2 bridgehead atoms. The minimum absolute atomic E-state index is 0.864. The molecule has 0 amide bonds. The molecule has 1 saturated heterocycles. The Bertz CT molecular complexity index is 400. The molecule has 2 N–H and O–H groups in total. The topological polar surface area (TPSA) is 29.3 Å². The molecular formula is C14H20N2. The van der Waals surface area contributed by atoms with E-state index in [0.29, 0.717) is 0 Å². The van der Waals surface area contributed by atoms with E-state index in [1.807, 2.05) is 6.07 Å². The Hall–Kier alpha value is -1.02. The van der Waals surface area contributed by atoms with Crippen molar-refractivity contribution in [3.63, 3.8) is 0 Å². The molecule has 2 nitrogen and oxygen atoms in total. The predicted molar refractivity (Wildman–Crippen MR) is 67.1 cm³/mol. The zero-order chi connectivity index (χ0) is 11.1. The number of anilines is 1. The maximum Gasteiger partial charge on any atom is 0.0343 e. The molecular weight excluding hydrogens is 196 g/mol. The molecule has 1 aliphatic carbocycles. The highest BCUT2D eigenvalue weighted by Crippen LogP contribution is 2.38. The fraction of sp³-hybridized carbons (Fsp3) is 0.571. The number of nitrogen functional groups attached to an aromatic ring is 1. The zero-order valence-corrected chi connectivity index (χ0v) is 9.95. The fourth-order valence-corrected chi connectivity index (χ4v) is 3.29. The number of rotatable bonds is 2. The Morgan fingerprint density at radius 3 is 2.88 bits per heavy atom. The van der Waals surface area contributed by atoms with Gasteiger partial charge in [0.15, 0.2) is 0 Å². The van der Waals surface area contributed by atoms with Crippen LogP contribution in [0.4, 0.5) is 5.69 Å². The lowest BCUT2D eigenvalue weighted by Gasteiger charge is -2.26. The van der Waals surface area contributed by atoms with Crippen molar-refractivity contribution in [3.05, 3.63) is 29.3 Å². The standard InChI is InChI=1S/C14H20N2/c1-10-6-11(3-5-14(10)15)8-16-9-12-2-4-13(16)7-12/h3,5-6,12-13H,2,4,7-9,15H2,1H3. The summed E-state index contributed by atoms with van der Waals surface area (Å²) in [7, 11) is 0. The van der Waals surface area contributed by atoms with Gasteiger partial charge in [-0.1, -0.05) is 12.1 Å². The average molecular weight is 216 g/mol. The van der Waals surface area contributed by atoms with E-state index in [1.165, 1.54) is 36.9 Å². The van der Waals surface area contributed by atoms with Crippen molar-refractivity contribution in [2.75, 3.05) is 12.3 Å². The number of nitrogens with zero attached hydrogens (tertiary/aromatic N) is 1. The molecule has 0 aromatic heterocycles. The molecule has 16 heavy (non-hydrogen) atoms. The highest BCUT2D eigenvalue weighted by Gasteiger charge is 2.37. The largest absolute Gasteiger partial charge is 0.399 e. The van der Waals surface area contributed by atoms with Crippen LogP contribution < -0.4 is 5.73 Å². The van der Waals surface area contributed by atoms with Gasteiger partial charge in [-0.25, -0.2) is 0 Å². The third-order valence-corrected chi connectivity index (χ3v) is 4.24. The van der Waals surface area contributed by atoms with E-state index in [0.717, 1.165) is 24.2 Å². The van der Waals surface area contributed by atoms with Gasteiger partial charge < -0.3 is 5.73 Å². The summed E-state index contributed by atoms with van der Waals surface area (Å²) in [6, 6.07) is 7.32. The third-order valence-electron chi connectivity index (χ3n) is 4.24. The van der Waals surface area contributed by atoms with Crippen LogP contribution in [0.1, 0.15) is 30.4 Å². The van der Waals surface area contributed by atoms with Crippen LogP contribution in [0.3, 0.4) is 0 Å². The summed E-state index contributed by atoms with van der Waals surface area (Å²) in [5.41, 5.74) is 9.38. The summed E-state index contributed by atoms with van der Waals surface area (Å²) in [5, 5.41) is 0. The second kappa shape index (κ2) is 3.77. The molecule has 0 radical (unpaired) electrons. The van der Waals surface area contributed by atoms with Crippen molar-refractivity contribution in [1.29, 1.82) is 0 Å². The molecule has 3 rings (SSSR count). The van der Waals surface area contributed by atoms with Crippen molar-refractivity contribution in [2.24, 2.45) is 5.92 Å². The first-order valence-corrected chi connectivity index (χ1v) is 6.31. The summed E-state index contributed by atoms with van der Waals surface area (Å²) in [6.07, 6.45) is 4.31. The molecule has 86 valence electrons. The molecule has 1 aromatic rings. The Morgan fingerprint density at radius 2 is 2.25 bits per heavy atom. The van der Waals surface area contributed by atoms with Gasteiger partial charge in [0.25, 0.3) is 0 Å². The quantitative estimate of drug-likeness (QED) is 0.770. The fourth-order valence-electron chi connectivity index (χ4n) is 3.29. The van der Waals surface area contributed by atoms with E-state index >= 15 is 0 Å². The Balaban J connectivity index is 1.72. The first-order chi connectivity index (χ1) is 7.72. The lowest BCUT2D eigenvalue weighted by Crippen LogP contribution is -2.31. The van der Waals surface area contributed by atoms with Crippen LogP contribution in [0.5, 0.6) is 0 Å². The Labute approximate surface area is 97.4 Å². The lowest BCUT2D eigenvalue weighted by molar-refractivity contribution is 0.205.